The Labute approximate surface area is 164 Å². The molecular weight excluding hydrogens is 356 g/mol. The van der Waals surface area contributed by atoms with Crippen molar-refractivity contribution in [2.24, 2.45) is 0 Å². The number of hydrogen-bond donors (Lipinski definition) is 0. The Morgan fingerprint density at radius 2 is 2.19 bits per heavy atom. The van der Waals surface area contributed by atoms with Crippen LogP contribution < -0.4 is 0 Å². The molecule has 3 heterocycles. The summed E-state index contributed by atoms with van der Waals surface area (Å²) < 4.78 is 3.42. The van der Waals surface area contributed by atoms with E-state index in [0.717, 1.165) is 55.1 Å². The molecule has 4 rings (SSSR count). The Hall–Kier alpha value is -2.18. The highest BCUT2D eigenvalue weighted by atomic mass is 32.1. The number of hydrogen-bond acceptors (Lipinski definition) is 4. The standard InChI is InChI=1S/C21H26N4OS/c1-23(2)12-13-24-11-9-22-20(24)17-7-5-10-25(15-17)21(26)19-14-16-6-3-4-8-18(16)27-19/h3-4,6,8-9,11,14,17H,5,7,10,12-13,15H2,1-2H3/t17-/m1/s1. The van der Waals surface area contributed by atoms with Crippen molar-refractivity contribution in [1.82, 2.24) is 19.4 Å². The minimum Gasteiger partial charge on any atom is -0.337 e. The zero-order valence-corrected chi connectivity index (χ0v) is 16.8. The lowest BCUT2D eigenvalue weighted by atomic mass is 9.97. The first kappa shape index (κ1) is 18.2. The maximum Gasteiger partial charge on any atom is 0.263 e. The molecule has 6 heteroatoms. The van der Waals surface area contributed by atoms with E-state index in [0.29, 0.717) is 5.92 Å². The van der Waals surface area contributed by atoms with Gasteiger partial charge in [0.05, 0.1) is 4.88 Å². The number of rotatable bonds is 5. The Morgan fingerprint density at radius 1 is 1.33 bits per heavy atom. The number of fused-ring (bicyclic) bond motifs is 1. The van der Waals surface area contributed by atoms with Crippen molar-refractivity contribution in [3.8, 4) is 0 Å². The van der Waals surface area contributed by atoms with E-state index in [1.165, 1.54) is 4.70 Å². The van der Waals surface area contributed by atoms with Gasteiger partial charge >= 0.3 is 0 Å². The molecule has 0 aliphatic carbocycles. The van der Waals surface area contributed by atoms with Gasteiger partial charge in [-0.3, -0.25) is 4.79 Å². The van der Waals surface area contributed by atoms with Crippen LogP contribution in [0.2, 0.25) is 0 Å². The van der Waals surface area contributed by atoms with Gasteiger partial charge in [0.1, 0.15) is 5.82 Å². The summed E-state index contributed by atoms with van der Waals surface area (Å²) in [5, 5.41) is 1.15. The summed E-state index contributed by atoms with van der Waals surface area (Å²) in [7, 11) is 4.17. The maximum absolute atomic E-state index is 13.1. The third-order valence-electron chi connectivity index (χ3n) is 5.25. The van der Waals surface area contributed by atoms with Crippen LogP contribution >= 0.6 is 11.3 Å². The average molecular weight is 383 g/mol. The highest BCUT2D eigenvalue weighted by Crippen LogP contribution is 2.30. The largest absolute Gasteiger partial charge is 0.337 e. The fourth-order valence-corrected chi connectivity index (χ4v) is 4.82. The molecule has 1 aliphatic rings. The molecule has 142 valence electrons. The predicted octanol–water partition coefficient (Wildman–Crippen LogP) is 3.68. The van der Waals surface area contributed by atoms with Crippen LogP contribution in [0.5, 0.6) is 0 Å². The van der Waals surface area contributed by atoms with Crippen LogP contribution in [0.3, 0.4) is 0 Å². The number of piperidine rings is 1. The summed E-state index contributed by atoms with van der Waals surface area (Å²) >= 11 is 1.59. The van der Waals surface area contributed by atoms with Crippen molar-refractivity contribution in [2.75, 3.05) is 33.7 Å². The van der Waals surface area contributed by atoms with Gasteiger partial charge in [-0.05, 0) is 44.5 Å². The van der Waals surface area contributed by atoms with Crippen LogP contribution in [0.25, 0.3) is 10.1 Å². The second-order valence-corrected chi connectivity index (χ2v) is 8.60. The van der Waals surface area contributed by atoms with Crippen molar-refractivity contribution >= 4 is 27.3 Å². The highest BCUT2D eigenvalue weighted by Gasteiger charge is 2.28. The van der Waals surface area contributed by atoms with Crippen LogP contribution in [-0.4, -0.2) is 59.0 Å². The maximum atomic E-state index is 13.1. The molecule has 0 saturated carbocycles. The number of carbonyl (C=O) groups excluding carboxylic acids is 1. The third-order valence-corrected chi connectivity index (χ3v) is 6.35. The zero-order valence-electron chi connectivity index (χ0n) is 16.0. The van der Waals surface area contributed by atoms with E-state index in [4.69, 9.17) is 0 Å². The molecule has 1 aromatic carbocycles. The third kappa shape index (κ3) is 3.92. The predicted molar refractivity (Wildman–Crippen MR) is 110 cm³/mol. The molecule has 0 N–H and O–H groups in total. The van der Waals surface area contributed by atoms with Crippen molar-refractivity contribution in [1.29, 1.82) is 0 Å². The van der Waals surface area contributed by atoms with Crippen molar-refractivity contribution in [3.05, 3.63) is 53.4 Å². The molecule has 1 amide bonds. The Balaban J connectivity index is 1.49. The van der Waals surface area contributed by atoms with Crippen molar-refractivity contribution in [2.45, 2.75) is 25.3 Å². The van der Waals surface area contributed by atoms with Crippen LogP contribution in [0.15, 0.2) is 42.7 Å². The molecule has 1 saturated heterocycles. The van der Waals surface area contributed by atoms with E-state index < -0.39 is 0 Å². The van der Waals surface area contributed by atoms with E-state index in [2.05, 4.69) is 46.9 Å². The second-order valence-electron chi connectivity index (χ2n) is 7.52. The van der Waals surface area contributed by atoms with Gasteiger partial charge in [-0.1, -0.05) is 18.2 Å². The van der Waals surface area contributed by atoms with Crippen molar-refractivity contribution in [3.63, 3.8) is 0 Å². The molecule has 3 aromatic rings. The molecular formula is C21H26N4OS. The number of amides is 1. The lowest BCUT2D eigenvalue weighted by molar-refractivity contribution is 0.0708. The molecule has 0 spiro atoms. The zero-order chi connectivity index (χ0) is 18.8. The summed E-state index contributed by atoms with van der Waals surface area (Å²) in [5.41, 5.74) is 0. The number of benzene rings is 1. The van der Waals surface area contributed by atoms with E-state index in [1.807, 2.05) is 29.3 Å². The average Bonchev–Trinajstić information content (AvgIpc) is 3.32. The minimum absolute atomic E-state index is 0.160. The molecule has 0 unspecified atom stereocenters. The van der Waals surface area contributed by atoms with Crippen LogP contribution in [-0.2, 0) is 6.54 Å². The van der Waals surface area contributed by atoms with Gasteiger partial charge in [0.2, 0.25) is 0 Å². The Kier molecular flexibility index (Phi) is 5.27. The normalized spacial score (nSPS) is 17.7. The van der Waals surface area contributed by atoms with Crippen LogP contribution in [0.1, 0.15) is 34.3 Å². The van der Waals surface area contributed by atoms with Gasteiger partial charge in [0.15, 0.2) is 0 Å². The van der Waals surface area contributed by atoms with Gasteiger partial charge in [0.25, 0.3) is 5.91 Å². The minimum atomic E-state index is 0.160. The summed E-state index contributed by atoms with van der Waals surface area (Å²) in [4.78, 5) is 22.8. The Bertz CT molecular complexity index is 896. The van der Waals surface area contributed by atoms with E-state index in [1.54, 1.807) is 11.3 Å². The smallest absolute Gasteiger partial charge is 0.263 e. The number of thiophene rings is 1. The van der Waals surface area contributed by atoms with Crippen molar-refractivity contribution < 1.29 is 4.79 Å². The molecule has 0 bridgehead atoms. The van der Waals surface area contributed by atoms with Gasteiger partial charge in [0, 0.05) is 49.2 Å². The van der Waals surface area contributed by atoms with Gasteiger partial charge < -0.3 is 14.4 Å². The number of carbonyl (C=O) groups is 1. The van der Waals surface area contributed by atoms with E-state index in [9.17, 15) is 4.79 Å². The molecule has 0 radical (unpaired) electrons. The van der Waals surface area contributed by atoms with Crippen LogP contribution in [0.4, 0.5) is 0 Å². The molecule has 2 aromatic heterocycles. The topological polar surface area (TPSA) is 41.4 Å². The molecule has 1 aliphatic heterocycles. The van der Waals surface area contributed by atoms with E-state index in [-0.39, 0.29) is 5.91 Å². The number of nitrogens with zero attached hydrogens (tertiary/aromatic N) is 4. The second kappa shape index (κ2) is 7.82. The lowest BCUT2D eigenvalue weighted by Crippen LogP contribution is -2.39. The number of aromatic nitrogens is 2. The summed E-state index contributed by atoms with van der Waals surface area (Å²) in [6.07, 6.45) is 6.07. The first-order valence-corrected chi connectivity index (χ1v) is 10.4. The summed E-state index contributed by atoms with van der Waals surface area (Å²) in [6.45, 7) is 3.51. The number of likely N-dealkylation sites (tertiary alicyclic amines) is 1. The van der Waals surface area contributed by atoms with Gasteiger partial charge in [-0.15, -0.1) is 11.3 Å². The first-order chi connectivity index (χ1) is 13.1. The molecule has 1 fully saturated rings. The number of imidazole rings is 1. The monoisotopic (exact) mass is 382 g/mol. The summed E-state index contributed by atoms with van der Waals surface area (Å²) in [5.74, 6) is 1.59. The van der Waals surface area contributed by atoms with Gasteiger partial charge in [-0.2, -0.15) is 0 Å². The fourth-order valence-electron chi connectivity index (χ4n) is 3.79. The van der Waals surface area contributed by atoms with Gasteiger partial charge in [-0.25, -0.2) is 4.98 Å². The van der Waals surface area contributed by atoms with Crippen LogP contribution in [0, 0.1) is 0 Å². The molecule has 27 heavy (non-hydrogen) atoms. The summed E-state index contributed by atoms with van der Waals surface area (Å²) in [6, 6.07) is 10.2. The SMILES string of the molecule is CN(C)CCn1ccnc1[C@@H]1CCCN(C(=O)c2cc3ccccc3s2)C1. The molecule has 5 nitrogen and oxygen atoms in total. The molecule has 1 atom stereocenters. The Morgan fingerprint density at radius 3 is 3.00 bits per heavy atom. The first-order valence-electron chi connectivity index (χ1n) is 9.55. The fraction of sp³-hybridized carbons (Fsp3) is 0.429. The lowest BCUT2D eigenvalue weighted by Gasteiger charge is -2.32. The number of likely N-dealkylation sites (N-methyl/N-ethyl adjacent to an activating group) is 1. The van der Waals surface area contributed by atoms with E-state index >= 15 is 0 Å². The highest BCUT2D eigenvalue weighted by molar-refractivity contribution is 7.20. The quantitative estimate of drug-likeness (QED) is 0.676.